The maximum Gasteiger partial charge on any atom is 0.246 e. The van der Waals surface area contributed by atoms with E-state index >= 15 is 0 Å². The lowest BCUT2D eigenvalue weighted by Gasteiger charge is -2.45. The molecule has 2 atom stereocenters. The number of fused-ring (bicyclic) bond motifs is 1. The molecule has 2 aliphatic rings. The summed E-state index contributed by atoms with van der Waals surface area (Å²) >= 11 is 5.71. The Morgan fingerprint density at radius 1 is 1.36 bits per heavy atom. The summed E-state index contributed by atoms with van der Waals surface area (Å²) in [5.41, 5.74) is 0. The highest BCUT2D eigenvalue weighted by molar-refractivity contribution is 7.89. The Kier molecular flexibility index (Phi) is 4.44. The molecule has 0 N–H and O–H groups in total. The summed E-state index contributed by atoms with van der Waals surface area (Å²) in [5, 5.41) is -0.186. The Morgan fingerprint density at radius 3 is 2.91 bits per heavy atom. The zero-order valence-electron chi connectivity index (χ0n) is 12.2. The van der Waals surface area contributed by atoms with Crippen LogP contribution in [-0.2, 0) is 14.8 Å². The van der Waals surface area contributed by atoms with Crippen molar-refractivity contribution in [2.24, 2.45) is 0 Å². The standard InChI is InChI=1S/C14H18ClFN2O3S/c1-17-7-8-21-12-5-6-18(9-11(12)17)22(19,20)13-4-2-3-10(15)14(13)16/h2-4,11-12H,5-9H2,1H3/t11-,12+/m0/s1. The molecule has 0 amide bonds. The Balaban J connectivity index is 1.88. The molecule has 1 aromatic rings. The topological polar surface area (TPSA) is 49.9 Å². The molecule has 22 heavy (non-hydrogen) atoms. The molecular formula is C14H18ClFN2O3S. The van der Waals surface area contributed by atoms with Crippen molar-refractivity contribution >= 4 is 21.6 Å². The highest BCUT2D eigenvalue weighted by Gasteiger charge is 2.40. The minimum atomic E-state index is -3.90. The third kappa shape index (κ3) is 2.76. The highest BCUT2D eigenvalue weighted by Crippen LogP contribution is 2.29. The second kappa shape index (κ2) is 6.05. The van der Waals surface area contributed by atoms with Gasteiger partial charge in [-0.2, -0.15) is 4.31 Å². The molecular weight excluding hydrogens is 331 g/mol. The van der Waals surface area contributed by atoms with Gasteiger partial charge in [-0.3, -0.25) is 4.90 Å². The van der Waals surface area contributed by atoms with E-state index in [9.17, 15) is 12.8 Å². The molecule has 0 bridgehead atoms. The van der Waals surface area contributed by atoms with Gasteiger partial charge in [0.15, 0.2) is 5.82 Å². The van der Waals surface area contributed by atoms with Gasteiger partial charge in [-0.15, -0.1) is 0 Å². The van der Waals surface area contributed by atoms with Crippen LogP contribution in [-0.4, -0.2) is 63.1 Å². The van der Waals surface area contributed by atoms with Crippen LogP contribution in [0.25, 0.3) is 0 Å². The minimum absolute atomic E-state index is 0.000444. The van der Waals surface area contributed by atoms with Crippen LogP contribution in [0.3, 0.4) is 0 Å². The van der Waals surface area contributed by atoms with E-state index < -0.39 is 15.8 Å². The summed E-state index contributed by atoms with van der Waals surface area (Å²) in [5.74, 6) is -0.889. The lowest BCUT2D eigenvalue weighted by molar-refractivity contribution is -0.0840. The smallest absolute Gasteiger partial charge is 0.246 e. The number of hydrogen-bond donors (Lipinski definition) is 0. The molecule has 3 rings (SSSR count). The van der Waals surface area contributed by atoms with E-state index in [0.29, 0.717) is 26.1 Å². The summed E-state index contributed by atoms with van der Waals surface area (Å²) < 4.78 is 46.5. The second-order valence-corrected chi connectivity index (χ2v) is 7.97. The molecule has 122 valence electrons. The Hall–Kier alpha value is -0.730. The molecule has 0 aliphatic carbocycles. The number of sulfonamides is 1. The third-order valence-corrected chi connectivity index (χ3v) is 6.53. The van der Waals surface area contributed by atoms with Crippen molar-refractivity contribution in [1.29, 1.82) is 0 Å². The summed E-state index contributed by atoms with van der Waals surface area (Å²) in [6.07, 6.45) is 0.644. The number of halogens is 2. The summed E-state index contributed by atoms with van der Waals surface area (Å²) in [6, 6.07) is 4.04. The van der Waals surface area contributed by atoms with Gasteiger partial charge in [-0.1, -0.05) is 17.7 Å². The molecule has 0 saturated carbocycles. The fourth-order valence-electron chi connectivity index (χ4n) is 3.05. The summed E-state index contributed by atoms with van der Waals surface area (Å²) in [4.78, 5) is 1.74. The Morgan fingerprint density at radius 2 is 2.14 bits per heavy atom. The number of rotatable bonds is 2. The largest absolute Gasteiger partial charge is 0.375 e. The van der Waals surface area contributed by atoms with Crippen molar-refractivity contribution in [2.75, 3.05) is 33.3 Å². The molecule has 5 nitrogen and oxygen atoms in total. The van der Waals surface area contributed by atoms with Crippen molar-refractivity contribution < 1.29 is 17.5 Å². The van der Waals surface area contributed by atoms with Crippen LogP contribution in [0.5, 0.6) is 0 Å². The molecule has 0 aromatic heterocycles. The van der Waals surface area contributed by atoms with Gasteiger partial charge < -0.3 is 4.74 Å². The lowest BCUT2D eigenvalue weighted by Crippen LogP contribution is -2.59. The van der Waals surface area contributed by atoms with Crippen LogP contribution < -0.4 is 0 Å². The zero-order valence-corrected chi connectivity index (χ0v) is 13.8. The van der Waals surface area contributed by atoms with E-state index in [0.717, 1.165) is 6.54 Å². The van der Waals surface area contributed by atoms with Crippen molar-refractivity contribution in [3.63, 3.8) is 0 Å². The first kappa shape index (κ1) is 16.1. The molecule has 0 radical (unpaired) electrons. The maximum atomic E-state index is 14.1. The van der Waals surface area contributed by atoms with Gasteiger partial charge in [0.2, 0.25) is 10.0 Å². The van der Waals surface area contributed by atoms with Gasteiger partial charge >= 0.3 is 0 Å². The van der Waals surface area contributed by atoms with Gasteiger partial charge in [0, 0.05) is 25.7 Å². The fraction of sp³-hybridized carbons (Fsp3) is 0.571. The average molecular weight is 349 g/mol. The van der Waals surface area contributed by atoms with Gasteiger partial charge in [-0.25, -0.2) is 12.8 Å². The number of nitrogens with zero attached hydrogens (tertiary/aromatic N) is 2. The van der Waals surface area contributed by atoms with Crippen LogP contribution >= 0.6 is 11.6 Å². The van der Waals surface area contributed by atoms with Crippen molar-refractivity contribution in [1.82, 2.24) is 9.21 Å². The number of benzene rings is 1. The number of hydrogen-bond acceptors (Lipinski definition) is 4. The first-order valence-electron chi connectivity index (χ1n) is 7.17. The predicted molar refractivity (Wildman–Crippen MR) is 80.9 cm³/mol. The SMILES string of the molecule is CN1CCO[C@@H]2CCN(S(=O)(=O)c3cccc(Cl)c3F)C[C@@H]21. The van der Waals surface area contributed by atoms with Crippen LogP contribution in [0.1, 0.15) is 6.42 Å². The van der Waals surface area contributed by atoms with Crippen LogP contribution in [0, 0.1) is 5.82 Å². The van der Waals surface area contributed by atoms with Gasteiger partial charge in [0.25, 0.3) is 0 Å². The van der Waals surface area contributed by atoms with E-state index in [1.807, 2.05) is 7.05 Å². The quantitative estimate of drug-likeness (QED) is 0.814. The zero-order chi connectivity index (χ0) is 15.9. The number of morpholine rings is 1. The van der Waals surface area contributed by atoms with Crippen LogP contribution in [0.15, 0.2) is 23.1 Å². The predicted octanol–water partition coefficient (Wildman–Crippen LogP) is 1.57. The van der Waals surface area contributed by atoms with E-state index in [2.05, 4.69) is 4.90 Å². The molecule has 0 unspecified atom stereocenters. The number of ether oxygens (including phenoxy) is 1. The monoisotopic (exact) mass is 348 g/mol. The second-order valence-electron chi connectivity index (χ2n) is 5.66. The molecule has 8 heteroatoms. The normalized spacial score (nSPS) is 27.6. The van der Waals surface area contributed by atoms with E-state index in [1.54, 1.807) is 0 Å². The Bertz CT molecular complexity index is 670. The van der Waals surface area contributed by atoms with Crippen molar-refractivity contribution in [3.8, 4) is 0 Å². The van der Waals surface area contributed by atoms with E-state index in [1.165, 1.54) is 22.5 Å². The van der Waals surface area contributed by atoms with Gasteiger partial charge in [-0.05, 0) is 25.6 Å². The minimum Gasteiger partial charge on any atom is -0.375 e. The van der Waals surface area contributed by atoms with Crippen molar-refractivity contribution in [3.05, 3.63) is 29.0 Å². The first-order valence-corrected chi connectivity index (χ1v) is 8.99. The van der Waals surface area contributed by atoms with E-state index in [4.69, 9.17) is 16.3 Å². The average Bonchev–Trinajstić information content (AvgIpc) is 2.50. The van der Waals surface area contributed by atoms with Gasteiger partial charge in [0.05, 0.1) is 17.7 Å². The summed E-state index contributed by atoms with van der Waals surface area (Å²) in [6.45, 7) is 2.05. The van der Waals surface area contributed by atoms with Crippen LogP contribution in [0.4, 0.5) is 4.39 Å². The van der Waals surface area contributed by atoms with Crippen molar-refractivity contribution in [2.45, 2.75) is 23.5 Å². The fourth-order valence-corrected chi connectivity index (χ4v) is 4.84. The number of likely N-dealkylation sites (N-methyl/N-ethyl adjacent to an activating group) is 1. The first-order chi connectivity index (χ1) is 10.4. The highest BCUT2D eigenvalue weighted by atomic mass is 35.5. The maximum absolute atomic E-state index is 14.1. The third-order valence-electron chi connectivity index (χ3n) is 4.36. The molecule has 0 spiro atoms. The molecule has 2 heterocycles. The molecule has 2 fully saturated rings. The van der Waals surface area contributed by atoms with Gasteiger partial charge in [0.1, 0.15) is 4.90 Å². The van der Waals surface area contributed by atoms with E-state index in [-0.39, 0.29) is 22.1 Å². The number of piperidine rings is 1. The Labute approximate surface area is 134 Å². The molecule has 2 aliphatic heterocycles. The lowest BCUT2D eigenvalue weighted by atomic mass is 10.0. The molecule has 2 saturated heterocycles. The van der Waals surface area contributed by atoms with Crippen LogP contribution in [0.2, 0.25) is 5.02 Å². The molecule has 1 aromatic carbocycles. The summed E-state index contributed by atoms with van der Waals surface area (Å²) in [7, 11) is -1.94.